The third-order valence-electron chi connectivity index (χ3n) is 5.34. The number of nitrogens with one attached hydrogen (secondary N) is 2. The Morgan fingerprint density at radius 1 is 0.844 bits per heavy atom. The lowest BCUT2D eigenvalue weighted by Gasteiger charge is -2.23. The van der Waals surface area contributed by atoms with Gasteiger partial charge in [-0.1, -0.05) is 91.9 Å². The molecule has 0 heterocycles. The van der Waals surface area contributed by atoms with E-state index in [-0.39, 0.29) is 18.4 Å². The average molecular weight is 426 g/mol. The molecule has 0 aliphatic heterocycles. The maximum atomic E-state index is 13.5. The molecule has 0 fully saturated rings. The Kier molecular flexibility index (Phi) is 8.16. The van der Waals surface area contributed by atoms with Crippen molar-refractivity contribution in [2.75, 3.05) is 6.54 Å². The first-order valence-corrected chi connectivity index (χ1v) is 10.7. The monoisotopic (exact) mass is 425 g/mol. The zero-order chi connectivity index (χ0) is 22.8. The molecule has 0 bridgehead atoms. The molecular formula is C27H27N3O2. The highest BCUT2D eigenvalue weighted by atomic mass is 16.2. The Bertz CT molecular complexity index is 1040. The molecule has 0 aliphatic rings. The summed E-state index contributed by atoms with van der Waals surface area (Å²) in [5, 5.41) is 14.4. The Hall–Kier alpha value is -3.91. The van der Waals surface area contributed by atoms with Gasteiger partial charge in [0.2, 0.25) is 11.8 Å². The first kappa shape index (κ1) is 22.8. The summed E-state index contributed by atoms with van der Waals surface area (Å²) in [7, 11) is 0. The van der Waals surface area contributed by atoms with Gasteiger partial charge in [0.25, 0.3) is 0 Å². The van der Waals surface area contributed by atoms with E-state index in [9.17, 15) is 9.59 Å². The molecule has 3 rings (SSSR count). The van der Waals surface area contributed by atoms with E-state index in [1.165, 1.54) is 0 Å². The number of benzene rings is 3. The highest BCUT2D eigenvalue weighted by Crippen LogP contribution is 2.25. The number of hydrogen-bond acceptors (Lipinski definition) is 3. The van der Waals surface area contributed by atoms with E-state index in [0.717, 1.165) is 28.7 Å². The summed E-state index contributed by atoms with van der Waals surface area (Å²) in [5.41, 5.74) is 3.81. The molecule has 0 aromatic heterocycles. The topological polar surface area (TPSA) is 82.0 Å². The quantitative estimate of drug-likeness (QED) is 0.512. The molecule has 1 atom stereocenters. The number of carbonyl (C=O) groups is 2. The van der Waals surface area contributed by atoms with Crippen LogP contribution in [0, 0.1) is 11.3 Å². The summed E-state index contributed by atoms with van der Waals surface area (Å²) in [5.74, 6) is -1.18. The summed E-state index contributed by atoms with van der Waals surface area (Å²) in [6.07, 6.45) is 1.22. The van der Waals surface area contributed by atoms with Crippen LogP contribution in [-0.2, 0) is 22.4 Å². The normalized spacial score (nSPS) is 11.4. The van der Waals surface area contributed by atoms with Crippen molar-refractivity contribution in [3.05, 3.63) is 107 Å². The lowest BCUT2D eigenvalue weighted by molar-refractivity contribution is -0.129. The maximum absolute atomic E-state index is 13.5. The molecule has 0 radical (unpaired) electrons. The molecule has 3 aromatic carbocycles. The maximum Gasteiger partial charge on any atom is 0.243 e. The number of nitriles is 1. The molecule has 0 spiro atoms. The molecule has 32 heavy (non-hydrogen) atoms. The molecule has 5 heteroatoms. The van der Waals surface area contributed by atoms with Gasteiger partial charge in [0.15, 0.2) is 0 Å². The minimum absolute atomic E-state index is 0.110. The fourth-order valence-electron chi connectivity index (χ4n) is 3.71. The molecule has 0 saturated carbocycles. The van der Waals surface area contributed by atoms with Crippen LogP contribution >= 0.6 is 0 Å². The van der Waals surface area contributed by atoms with Crippen LogP contribution in [0.5, 0.6) is 0 Å². The number of amides is 2. The van der Waals surface area contributed by atoms with E-state index in [4.69, 9.17) is 5.26 Å². The molecule has 5 nitrogen and oxygen atoms in total. The largest absolute Gasteiger partial charge is 0.343 e. The third-order valence-corrected chi connectivity index (χ3v) is 5.34. The fourth-order valence-corrected chi connectivity index (χ4v) is 3.71. The first-order valence-electron chi connectivity index (χ1n) is 10.7. The zero-order valence-corrected chi connectivity index (χ0v) is 18.1. The van der Waals surface area contributed by atoms with Gasteiger partial charge in [-0.3, -0.25) is 9.59 Å². The Balaban J connectivity index is 1.89. The lowest BCUT2D eigenvalue weighted by Crippen LogP contribution is -2.49. The van der Waals surface area contributed by atoms with E-state index < -0.39 is 12.0 Å². The molecule has 2 amide bonds. The summed E-state index contributed by atoms with van der Waals surface area (Å²) in [6.45, 7) is 1.96. The van der Waals surface area contributed by atoms with Crippen LogP contribution < -0.4 is 10.6 Å². The van der Waals surface area contributed by atoms with Crippen molar-refractivity contribution in [1.29, 1.82) is 5.26 Å². The second-order valence-electron chi connectivity index (χ2n) is 7.57. The number of nitrogens with zero attached hydrogens (tertiary/aromatic N) is 1. The number of rotatable bonds is 9. The average Bonchev–Trinajstić information content (AvgIpc) is 2.83. The van der Waals surface area contributed by atoms with E-state index in [1.54, 1.807) is 0 Å². The van der Waals surface area contributed by atoms with E-state index in [1.807, 2.05) is 91.0 Å². The highest BCUT2D eigenvalue weighted by Gasteiger charge is 2.28. The molecule has 3 aromatic rings. The predicted molar refractivity (Wildman–Crippen MR) is 125 cm³/mol. The van der Waals surface area contributed by atoms with Crippen LogP contribution in [0.15, 0.2) is 84.9 Å². The molecule has 162 valence electrons. The summed E-state index contributed by atoms with van der Waals surface area (Å²) in [4.78, 5) is 26.3. The van der Waals surface area contributed by atoms with Crippen LogP contribution in [0.25, 0.3) is 0 Å². The number of hydrogen-bond donors (Lipinski definition) is 2. The van der Waals surface area contributed by atoms with E-state index in [2.05, 4.69) is 17.6 Å². The van der Waals surface area contributed by atoms with Crippen LogP contribution in [-0.4, -0.2) is 24.4 Å². The number of aryl methyl sites for hydroxylation is 1. The Labute approximate surface area is 189 Å². The second kappa shape index (κ2) is 11.5. The molecular weight excluding hydrogens is 398 g/mol. The van der Waals surface area contributed by atoms with Crippen LogP contribution in [0.3, 0.4) is 0 Å². The van der Waals surface area contributed by atoms with Crippen molar-refractivity contribution in [2.24, 2.45) is 0 Å². The van der Waals surface area contributed by atoms with Crippen molar-refractivity contribution in [3.63, 3.8) is 0 Å². The van der Waals surface area contributed by atoms with Crippen LogP contribution in [0.1, 0.15) is 35.1 Å². The Morgan fingerprint density at radius 3 is 2.00 bits per heavy atom. The summed E-state index contributed by atoms with van der Waals surface area (Å²) in [6, 6.07) is 28.1. The summed E-state index contributed by atoms with van der Waals surface area (Å²) < 4.78 is 0. The molecule has 0 saturated heterocycles. The van der Waals surface area contributed by atoms with Gasteiger partial charge < -0.3 is 10.6 Å². The van der Waals surface area contributed by atoms with E-state index in [0.29, 0.717) is 6.42 Å². The van der Waals surface area contributed by atoms with Gasteiger partial charge in [0.1, 0.15) is 12.6 Å². The van der Waals surface area contributed by atoms with Crippen LogP contribution in [0.2, 0.25) is 0 Å². The van der Waals surface area contributed by atoms with Gasteiger partial charge in [-0.05, 0) is 28.7 Å². The standard InChI is InChI=1S/C27H27N3O2/c1-2-20-10-9-11-21(18-20)19-24(26(31)29-17-16-28)30-27(32)25(22-12-5-3-6-13-22)23-14-7-4-8-15-23/h3-15,18,24-25H,2,17,19H2,1H3,(H,29,31)(H,30,32)/t24-/m0/s1. The van der Waals surface area contributed by atoms with Crippen molar-refractivity contribution >= 4 is 11.8 Å². The molecule has 0 aliphatic carbocycles. The first-order chi connectivity index (χ1) is 15.6. The fraction of sp³-hybridized carbons (Fsp3) is 0.222. The van der Waals surface area contributed by atoms with E-state index >= 15 is 0 Å². The van der Waals surface area contributed by atoms with Crippen LogP contribution in [0.4, 0.5) is 0 Å². The predicted octanol–water partition coefficient (Wildman–Crippen LogP) is 3.75. The third kappa shape index (κ3) is 6.05. The summed E-state index contributed by atoms with van der Waals surface area (Å²) >= 11 is 0. The van der Waals surface area contributed by atoms with Gasteiger partial charge in [-0.2, -0.15) is 5.26 Å². The van der Waals surface area contributed by atoms with Crippen molar-refractivity contribution in [2.45, 2.75) is 31.7 Å². The smallest absolute Gasteiger partial charge is 0.243 e. The lowest BCUT2D eigenvalue weighted by atomic mass is 9.90. The highest BCUT2D eigenvalue weighted by molar-refractivity contribution is 5.92. The minimum atomic E-state index is -0.794. The van der Waals surface area contributed by atoms with Gasteiger partial charge in [0, 0.05) is 6.42 Å². The minimum Gasteiger partial charge on any atom is -0.343 e. The zero-order valence-electron chi connectivity index (χ0n) is 18.1. The molecule has 2 N–H and O–H groups in total. The van der Waals surface area contributed by atoms with Crippen molar-refractivity contribution in [1.82, 2.24) is 10.6 Å². The second-order valence-corrected chi connectivity index (χ2v) is 7.57. The van der Waals surface area contributed by atoms with Crippen molar-refractivity contribution in [3.8, 4) is 6.07 Å². The van der Waals surface area contributed by atoms with Gasteiger partial charge in [-0.15, -0.1) is 0 Å². The SMILES string of the molecule is CCc1cccc(C[C@H](NC(=O)C(c2ccccc2)c2ccccc2)C(=O)NCC#N)c1. The van der Waals surface area contributed by atoms with Gasteiger partial charge in [-0.25, -0.2) is 0 Å². The van der Waals surface area contributed by atoms with Gasteiger partial charge in [0.05, 0.1) is 12.0 Å². The Morgan fingerprint density at radius 2 is 1.44 bits per heavy atom. The van der Waals surface area contributed by atoms with Gasteiger partial charge >= 0.3 is 0 Å². The number of carbonyl (C=O) groups excluding carboxylic acids is 2. The van der Waals surface area contributed by atoms with Crippen molar-refractivity contribution < 1.29 is 9.59 Å². The molecule has 0 unspecified atom stereocenters.